The van der Waals surface area contributed by atoms with Crippen LogP contribution >= 0.6 is 0 Å². The first-order valence-electron chi connectivity index (χ1n) is 7.85. The average Bonchev–Trinajstić information content (AvgIpc) is 3.08. The van der Waals surface area contributed by atoms with Gasteiger partial charge in [-0.05, 0) is 30.7 Å². The van der Waals surface area contributed by atoms with E-state index >= 15 is 0 Å². The number of anilines is 1. The Morgan fingerprint density at radius 3 is 2.80 bits per heavy atom. The van der Waals surface area contributed by atoms with Crippen LogP contribution in [0.5, 0.6) is 0 Å². The van der Waals surface area contributed by atoms with Crippen LogP contribution in [0.1, 0.15) is 17.1 Å². The summed E-state index contributed by atoms with van der Waals surface area (Å²) in [6, 6.07) is 11.3. The molecule has 8 nitrogen and oxygen atoms in total. The Morgan fingerprint density at radius 2 is 2.00 bits per heavy atom. The van der Waals surface area contributed by atoms with Gasteiger partial charge in [0.15, 0.2) is 0 Å². The van der Waals surface area contributed by atoms with Crippen molar-refractivity contribution in [2.75, 3.05) is 11.9 Å². The molecule has 1 aromatic carbocycles. The van der Waals surface area contributed by atoms with Crippen molar-refractivity contribution in [1.29, 1.82) is 0 Å². The number of aromatic nitrogens is 4. The minimum atomic E-state index is -0.103. The molecule has 2 amide bonds. The minimum absolute atomic E-state index is 0.103. The van der Waals surface area contributed by atoms with Crippen molar-refractivity contribution in [1.82, 2.24) is 25.2 Å². The molecule has 8 heteroatoms. The Bertz CT molecular complexity index is 921. The zero-order valence-corrected chi connectivity index (χ0v) is 13.9. The van der Waals surface area contributed by atoms with E-state index in [0.29, 0.717) is 24.0 Å². The number of para-hydroxylation sites is 1. The first-order chi connectivity index (χ1) is 12.1. The van der Waals surface area contributed by atoms with Gasteiger partial charge in [0.25, 0.3) is 0 Å². The monoisotopic (exact) mass is 336 g/mol. The van der Waals surface area contributed by atoms with Gasteiger partial charge in [-0.2, -0.15) is 10.1 Å². The third kappa shape index (κ3) is 2.82. The van der Waals surface area contributed by atoms with Gasteiger partial charge < -0.3 is 9.42 Å². The van der Waals surface area contributed by atoms with Crippen molar-refractivity contribution in [3.63, 3.8) is 0 Å². The van der Waals surface area contributed by atoms with Crippen LogP contribution in [0.25, 0.3) is 11.5 Å². The Labute approximate surface area is 144 Å². The van der Waals surface area contributed by atoms with E-state index in [1.54, 1.807) is 22.9 Å². The van der Waals surface area contributed by atoms with Crippen LogP contribution in [0.15, 0.2) is 40.9 Å². The van der Waals surface area contributed by atoms with Gasteiger partial charge in [0.05, 0.1) is 11.4 Å². The summed E-state index contributed by atoms with van der Waals surface area (Å²) in [7, 11) is 1.77. The topological polar surface area (TPSA) is 88.3 Å². The van der Waals surface area contributed by atoms with Crippen LogP contribution in [-0.2, 0) is 13.1 Å². The molecular formula is C17H16N6O2. The molecule has 0 N–H and O–H groups in total. The zero-order chi connectivity index (χ0) is 17.4. The number of hydrogen-bond donors (Lipinski definition) is 0. The summed E-state index contributed by atoms with van der Waals surface area (Å²) in [6.45, 7) is 2.64. The predicted octanol–water partition coefficient (Wildman–Crippen LogP) is 2.41. The van der Waals surface area contributed by atoms with Gasteiger partial charge in [0.2, 0.25) is 11.7 Å². The molecule has 0 radical (unpaired) electrons. The van der Waals surface area contributed by atoms with E-state index in [1.165, 1.54) is 0 Å². The Morgan fingerprint density at radius 1 is 1.16 bits per heavy atom. The quantitative estimate of drug-likeness (QED) is 0.730. The van der Waals surface area contributed by atoms with Crippen molar-refractivity contribution in [2.45, 2.75) is 20.0 Å². The Balaban J connectivity index is 1.62. The molecule has 0 spiro atoms. The maximum absolute atomic E-state index is 12.5. The van der Waals surface area contributed by atoms with Gasteiger partial charge in [0.1, 0.15) is 12.2 Å². The van der Waals surface area contributed by atoms with Gasteiger partial charge in [-0.15, -0.1) is 5.10 Å². The van der Waals surface area contributed by atoms with Crippen LogP contribution in [0.2, 0.25) is 0 Å². The zero-order valence-electron chi connectivity index (χ0n) is 13.9. The predicted molar refractivity (Wildman–Crippen MR) is 89.5 cm³/mol. The number of hydrogen-bond acceptors (Lipinski definition) is 6. The summed E-state index contributed by atoms with van der Waals surface area (Å²) in [5.41, 5.74) is 3.28. The van der Waals surface area contributed by atoms with E-state index in [-0.39, 0.29) is 12.6 Å². The number of rotatable bonds is 3. The van der Waals surface area contributed by atoms with Crippen molar-refractivity contribution in [3.8, 4) is 11.5 Å². The average molecular weight is 336 g/mol. The highest BCUT2D eigenvalue weighted by Gasteiger charge is 2.29. The van der Waals surface area contributed by atoms with E-state index in [0.717, 1.165) is 16.9 Å². The Hall–Kier alpha value is -3.29. The second-order valence-corrected chi connectivity index (χ2v) is 5.93. The molecule has 0 fully saturated rings. The van der Waals surface area contributed by atoms with Gasteiger partial charge in [-0.3, -0.25) is 4.90 Å². The van der Waals surface area contributed by atoms with Gasteiger partial charge in [-0.1, -0.05) is 23.4 Å². The smallest absolute Gasteiger partial charge is 0.325 e. The molecule has 2 aromatic heterocycles. The highest BCUT2D eigenvalue weighted by atomic mass is 16.5. The lowest BCUT2D eigenvalue weighted by atomic mass is 10.1. The van der Waals surface area contributed by atoms with Crippen molar-refractivity contribution < 1.29 is 9.32 Å². The summed E-state index contributed by atoms with van der Waals surface area (Å²) in [6.07, 6.45) is 0. The van der Waals surface area contributed by atoms with Gasteiger partial charge in [-0.25, -0.2) is 4.79 Å². The lowest BCUT2D eigenvalue weighted by molar-refractivity contribution is 0.208. The molecule has 0 bridgehead atoms. The van der Waals surface area contributed by atoms with E-state index in [9.17, 15) is 4.79 Å². The summed E-state index contributed by atoms with van der Waals surface area (Å²) in [5, 5.41) is 12.0. The molecule has 3 heterocycles. The number of amides is 2. The lowest BCUT2D eigenvalue weighted by Crippen LogP contribution is -2.44. The standard InChI is InChI=1S/C17H16N6O2/c1-11-7-8-13(20-19-11)16-18-15(25-21-16)10-23-14-6-4-3-5-12(14)9-22(2)17(23)24/h3-8H,9-10H2,1-2H3. The highest BCUT2D eigenvalue weighted by molar-refractivity contribution is 5.94. The van der Waals surface area contributed by atoms with E-state index in [2.05, 4.69) is 20.3 Å². The number of carbonyl (C=O) groups is 1. The molecule has 0 saturated carbocycles. The molecule has 3 aromatic rings. The number of nitrogens with zero attached hydrogens (tertiary/aromatic N) is 6. The van der Waals surface area contributed by atoms with Crippen LogP contribution < -0.4 is 4.90 Å². The summed E-state index contributed by atoms with van der Waals surface area (Å²) >= 11 is 0. The minimum Gasteiger partial charge on any atom is -0.337 e. The highest BCUT2D eigenvalue weighted by Crippen LogP contribution is 2.29. The number of fused-ring (bicyclic) bond motifs is 1. The first kappa shape index (κ1) is 15.3. The molecule has 4 rings (SSSR count). The molecule has 1 aliphatic rings. The summed E-state index contributed by atoms with van der Waals surface area (Å²) in [4.78, 5) is 20.2. The third-order valence-corrected chi connectivity index (χ3v) is 4.04. The fraction of sp³-hybridized carbons (Fsp3) is 0.235. The summed E-state index contributed by atoms with van der Waals surface area (Å²) in [5.74, 6) is 0.699. The molecular weight excluding hydrogens is 320 g/mol. The number of benzene rings is 1. The van der Waals surface area contributed by atoms with Gasteiger partial charge in [0, 0.05) is 13.6 Å². The maximum atomic E-state index is 12.5. The van der Waals surface area contributed by atoms with Crippen molar-refractivity contribution >= 4 is 11.7 Å². The van der Waals surface area contributed by atoms with E-state index < -0.39 is 0 Å². The number of carbonyl (C=O) groups excluding carboxylic acids is 1. The molecule has 25 heavy (non-hydrogen) atoms. The fourth-order valence-corrected chi connectivity index (χ4v) is 2.77. The number of urea groups is 1. The SMILES string of the molecule is Cc1ccc(-c2noc(CN3C(=O)N(C)Cc4ccccc43)n2)nn1. The van der Waals surface area contributed by atoms with E-state index in [4.69, 9.17) is 4.52 Å². The second kappa shape index (κ2) is 5.97. The molecule has 0 atom stereocenters. The largest absolute Gasteiger partial charge is 0.337 e. The van der Waals surface area contributed by atoms with Crippen LogP contribution in [-0.4, -0.2) is 38.3 Å². The number of aryl methyl sites for hydroxylation is 1. The molecule has 126 valence electrons. The molecule has 0 saturated heterocycles. The summed E-state index contributed by atoms with van der Waals surface area (Å²) < 4.78 is 5.31. The van der Waals surface area contributed by atoms with Crippen molar-refractivity contribution in [2.24, 2.45) is 0 Å². The van der Waals surface area contributed by atoms with E-state index in [1.807, 2.05) is 37.3 Å². The Kier molecular flexibility index (Phi) is 3.64. The maximum Gasteiger partial charge on any atom is 0.325 e. The third-order valence-electron chi connectivity index (χ3n) is 4.04. The normalized spacial score (nSPS) is 13.9. The molecule has 0 aliphatic carbocycles. The van der Waals surface area contributed by atoms with Crippen molar-refractivity contribution in [3.05, 3.63) is 53.5 Å². The lowest BCUT2D eigenvalue weighted by Gasteiger charge is -2.34. The molecule has 0 unspecified atom stereocenters. The second-order valence-electron chi connectivity index (χ2n) is 5.93. The first-order valence-corrected chi connectivity index (χ1v) is 7.85. The van der Waals surface area contributed by atoms with Crippen LogP contribution in [0.4, 0.5) is 10.5 Å². The van der Waals surface area contributed by atoms with Crippen LogP contribution in [0, 0.1) is 6.92 Å². The fourth-order valence-electron chi connectivity index (χ4n) is 2.77. The van der Waals surface area contributed by atoms with Crippen LogP contribution in [0.3, 0.4) is 0 Å². The van der Waals surface area contributed by atoms with Gasteiger partial charge >= 0.3 is 6.03 Å². The molecule has 1 aliphatic heterocycles.